The number of carbonyl (C=O) groups is 1. The summed E-state index contributed by atoms with van der Waals surface area (Å²) in [5.41, 5.74) is 6.85. The third kappa shape index (κ3) is 4.09. The van der Waals surface area contributed by atoms with Gasteiger partial charge in [-0.1, -0.05) is 18.2 Å². The molecule has 1 unspecified atom stereocenters. The van der Waals surface area contributed by atoms with Crippen molar-refractivity contribution in [2.24, 2.45) is 0 Å². The maximum absolute atomic E-state index is 11.0. The Bertz CT molecular complexity index is 964. The molecular formula is C24H27NO4. The summed E-state index contributed by atoms with van der Waals surface area (Å²) in [5.74, 6) is 0.922. The summed E-state index contributed by atoms with van der Waals surface area (Å²) >= 11 is 0. The van der Waals surface area contributed by atoms with Crippen LogP contribution >= 0.6 is 0 Å². The fraction of sp³-hybridized carbons (Fsp3) is 0.375. The van der Waals surface area contributed by atoms with Gasteiger partial charge in [0.25, 0.3) is 0 Å². The van der Waals surface area contributed by atoms with Gasteiger partial charge >= 0.3 is 5.97 Å². The van der Waals surface area contributed by atoms with Crippen LogP contribution in [0.2, 0.25) is 0 Å². The molecule has 0 aliphatic carbocycles. The van der Waals surface area contributed by atoms with Crippen LogP contribution in [0.1, 0.15) is 53.0 Å². The van der Waals surface area contributed by atoms with E-state index in [1.807, 2.05) is 18.2 Å². The molecular weight excluding hydrogens is 366 g/mol. The van der Waals surface area contributed by atoms with Gasteiger partial charge in [0.1, 0.15) is 11.5 Å². The second-order valence-electron chi connectivity index (χ2n) is 7.81. The van der Waals surface area contributed by atoms with E-state index in [1.54, 1.807) is 0 Å². The lowest BCUT2D eigenvalue weighted by molar-refractivity contribution is -0.137. The van der Waals surface area contributed by atoms with Gasteiger partial charge in [-0.2, -0.15) is 0 Å². The zero-order valence-corrected chi connectivity index (χ0v) is 17.0. The Morgan fingerprint density at radius 2 is 2.07 bits per heavy atom. The molecule has 0 amide bonds. The van der Waals surface area contributed by atoms with Gasteiger partial charge in [-0.25, -0.2) is 0 Å². The molecule has 5 heteroatoms. The topological polar surface area (TPSA) is 67.8 Å². The lowest BCUT2D eigenvalue weighted by Gasteiger charge is -2.21. The molecule has 0 aromatic heterocycles. The lowest BCUT2D eigenvalue weighted by atomic mass is 9.95. The van der Waals surface area contributed by atoms with Crippen molar-refractivity contribution in [1.82, 2.24) is 0 Å². The molecule has 2 heterocycles. The van der Waals surface area contributed by atoms with Crippen LogP contribution in [0.3, 0.4) is 0 Å². The Kier molecular flexibility index (Phi) is 5.47. The van der Waals surface area contributed by atoms with E-state index in [0.29, 0.717) is 13.2 Å². The Balaban J connectivity index is 1.50. The van der Waals surface area contributed by atoms with Crippen molar-refractivity contribution in [2.45, 2.75) is 45.6 Å². The summed E-state index contributed by atoms with van der Waals surface area (Å²) < 4.78 is 11.6. The first-order valence-electron chi connectivity index (χ1n) is 10.2. The van der Waals surface area contributed by atoms with Gasteiger partial charge in [-0.15, -0.1) is 0 Å². The average Bonchev–Trinajstić information content (AvgIpc) is 3.10. The van der Waals surface area contributed by atoms with E-state index >= 15 is 0 Å². The summed E-state index contributed by atoms with van der Waals surface area (Å²) in [4.78, 5) is 11.0. The molecule has 2 aromatic carbocycles. The Hall–Kier alpha value is -2.95. The second kappa shape index (κ2) is 8.19. The number of hydrogen-bond acceptors (Lipinski definition) is 4. The number of hydrogen-bond donors (Lipinski definition) is 2. The highest BCUT2D eigenvalue weighted by atomic mass is 16.5. The molecule has 0 saturated heterocycles. The van der Waals surface area contributed by atoms with E-state index in [9.17, 15) is 4.79 Å². The molecule has 152 valence electrons. The predicted molar refractivity (Wildman–Crippen MR) is 113 cm³/mol. The summed E-state index contributed by atoms with van der Waals surface area (Å²) in [7, 11) is 0. The molecule has 0 bridgehead atoms. The zero-order chi connectivity index (χ0) is 20.4. The molecule has 2 aliphatic heterocycles. The second-order valence-corrected chi connectivity index (χ2v) is 7.81. The molecule has 2 N–H and O–H groups in total. The number of ether oxygens (including phenoxy) is 2. The number of benzene rings is 2. The first kappa shape index (κ1) is 19.4. The van der Waals surface area contributed by atoms with Gasteiger partial charge in [0, 0.05) is 35.3 Å². The average molecular weight is 393 g/mol. The number of anilines is 1. The largest absolute Gasteiger partial charge is 0.493 e. The van der Waals surface area contributed by atoms with Gasteiger partial charge in [0.15, 0.2) is 0 Å². The Morgan fingerprint density at radius 1 is 1.21 bits per heavy atom. The van der Waals surface area contributed by atoms with Gasteiger partial charge < -0.3 is 19.9 Å². The molecule has 5 nitrogen and oxygen atoms in total. The number of aliphatic carboxylic acids is 1. The molecule has 2 aliphatic rings. The van der Waals surface area contributed by atoms with Crippen LogP contribution in [-0.2, 0) is 16.1 Å². The third-order valence-corrected chi connectivity index (χ3v) is 5.77. The number of carboxylic acids is 1. The van der Waals surface area contributed by atoms with E-state index < -0.39 is 5.97 Å². The van der Waals surface area contributed by atoms with Crippen LogP contribution in [0.25, 0.3) is 5.76 Å². The van der Waals surface area contributed by atoms with Crippen LogP contribution < -0.4 is 10.1 Å². The first-order valence-corrected chi connectivity index (χ1v) is 10.2. The van der Waals surface area contributed by atoms with Gasteiger partial charge in [-0.3, -0.25) is 4.79 Å². The Morgan fingerprint density at radius 3 is 2.83 bits per heavy atom. The van der Waals surface area contributed by atoms with Crippen molar-refractivity contribution < 1.29 is 19.4 Å². The normalized spacial score (nSPS) is 17.7. The van der Waals surface area contributed by atoms with Crippen molar-refractivity contribution in [1.29, 1.82) is 0 Å². The van der Waals surface area contributed by atoms with E-state index in [-0.39, 0.29) is 12.3 Å². The molecule has 1 atom stereocenters. The summed E-state index contributed by atoms with van der Waals surface area (Å²) in [5, 5.41) is 12.5. The van der Waals surface area contributed by atoms with Gasteiger partial charge in [0.2, 0.25) is 0 Å². The molecule has 4 rings (SSSR count). The number of fused-ring (bicyclic) bond motifs is 1. The SMILES string of the molecule is Cc1ccc(CNc2ccc3c(c2)OCC3CC(=O)O)c(C)c1C1=CCCCO1. The van der Waals surface area contributed by atoms with Crippen LogP contribution in [0, 0.1) is 13.8 Å². The van der Waals surface area contributed by atoms with E-state index in [1.165, 1.54) is 22.3 Å². The minimum absolute atomic E-state index is 0.0674. The summed E-state index contributed by atoms with van der Waals surface area (Å²) in [6.45, 7) is 6.19. The standard InChI is InChI=1S/C24H27NO4/c1-15-6-7-17(16(2)24(15)21-5-3-4-10-28-21)13-25-19-8-9-20-18(11-23(26)27)14-29-22(20)12-19/h5-9,12,18,25H,3-4,10-11,13-14H2,1-2H3,(H,26,27). The zero-order valence-electron chi connectivity index (χ0n) is 17.0. The van der Waals surface area contributed by atoms with Gasteiger partial charge in [0.05, 0.1) is 19.6 Å². The fourth-order valence-electron chi connectivity index (χ4n) is 4.16. The maximum atomic E-state index is 11.0. The van der Waals surface area contributed by atoms with Crippen molar-refractivity contribution >= 4 is 17.4 Å². The highest BCUT2D eigenvalue weighted by molar-refractivity contribution is 5.69. The smallest absolute Gasteiger partial charge is 0.304 e. The van der Waals surface area contributed by atoms with Crippen molar-refractivity contribution in [3.05, 3.63) is 64.2 Å². The highest BCUT2D eigenvalue weighted by Gasteiger charge is 2.26. The summed E-state index contributed by atoms with van der Waals surface area (Å²) in [6.07, 6.45) is 4.44. The molecule has 29 heavy (non-hydrogen) atoms. The van der Waals surface area contributed by atoms with Crippen LogP contribution in [0.15, 0.2) is 36.4 Å². The highest BCUT2D eigenvalue weighted by Crippen LogP contribution is 2.38. The number of carboxylic acid groups (broad SMARTS) is 1. The van der Waals surface area contributed by atoms with E-state index in [4.69, 9.17) is 14.6 Å². The lowest BCUT2D eigenvalue weighted by Crippen LogP contribution is -2.08. The van der Waals surface area contributed by atoms with Crippen LogP contribution in [0.4, 0.5) is 5.69 Å². The minimum Gasteiger partial charge on any atom is -0.493 e. The maximum Gasteiger partial charge on any atom is 0.304 e. The predicted octanol–water partition coefficient (Wildman–Crippen LogP) is 5.02. The number of nitrogens with one attached hydrogen (secondary N) is 1. The van der Waals surface area contributed by atoms with Crippen molar-refractivity contribution in [2.75, 3.05) is 18.5 Å². The summed E-state index contributed by atoms with van der Waals surface area (Å²) in [6, 6.07) is 10.3. The first-order chi connectivity index (χ1) is 14.0. The molecule has 0 fully saturated rings. The monoisotopic (exact) mass is 393 g/mol. The molecule has 0 spiro atoms. The van der Waals surface area contributed by atoms with Crippen LogP contribution in [-0.4, -0.2) is 24.3 Å². The third-order valence-electron chi connectivity index (χ3n) is 5.77. The molecule has 2 aromatic rings. The quantitative estimate of drug-likeness (QED) is 0.721. The van der Waals surface area contributed by atoms with Crippen molar-refractivity contribution in [3.63, 3.8) is 0 Å². The molecule has 0 saturated carbocycles. The van der Waals surface area contributed by atoms with E-state index in [2.05, 4.69) is 37.4 Å². The molecule has 0 radical (unpaired) electrons. The van der Waals surface area contributed by atoms with Crippen LogP contribution in [0.5, 0.6) is 5.75 Å². The van der Waals surface area contributed by atoms with Gasteiger partial charge in [-0.05, 0) is 55.5 Å². The Labute approximate surface area is 171 Å². The number of allylic oxidation sites excluding steroid dienone is 1. The number of aryl methyl sites for hydroxylation is 1. The fourth-order valence-corrected chi connectivity index (χ4v) is 4.16. The van der Waals surface area contributed by atoms with E-state index in [0.717, 1.165) is 42.2 Å². The minimum atomic E-state index is -0.795. The number of rotatable bonds is 6. The van der Waals surface area contributed by atoms with Crippen molar-refractivity contribution in [3.8, 4) is 5.75 Å².